The van der Waals surface area contributed by atoms with E-state index >= 15 is 0 Å². The number of aryl methyl sites for hydroxylation is 1. The molecule has 0 saturated carbocycles. The van der Waals surface area contributed by atoms with E-state index in [1.807, 2.05) is 18.2 Å². The van der Waals surface area contributed by atoms with Crippen LogP contribution in [0.4, 0.5) is 10.5 Å². The van der Waals surface area contributed by atoms with Gasteiger partial charge in [0.05, 0.1) is 0 Å². The number of ether oxygens (including phenoxy) is 1. The van der Waals surface area contributed by atoms with Crippen molar-refractivity contribution in [3.8, 4) is 11.1 Å². The minimum absolute atomic E-state index is 0.0296. The number of amides is 1. The maximum atomic E-state index is 12.4. The standard InChI is InChI=1S/C22H26N2O2/c1-2-16-5-3-6-18(13-16)19-7-4-8-20(14-19)23-22(25)26-21-15-24-11-9-17(21)10-12-24/h3-8,13-14,17,21H,2,9-12,15H2,1H3,(H,23,25). The number of hydrogen-bond donors (Lipinski definition) is 1. The first-order chi connectivity index (χ1) is 12.7. The van der Waals surface area contributed by atoms with Gasteiger partial charge in [-0.15, -0.1) is 0 Å². The molecular formula is C22H26N2O2. The van der Waals surface area contributed by atoms with Gasteiger partial charge in [0.15, 0.2) is 0 Å². The van der Waals surface area contributed by atoms with E-state index in [0.29, 0.717) is 5.92 Å². The second-order valence-electron chi connectivity index (χ2n) is 7.34. The summed E-state index contributed by atoms with van der Waals surface area (Å²) in [4.78, 5) is 14.7. The van der Waals surface area contributed by atoms with Crippen molar-refractivity contribution in [1.82, 2.24) is 4.90 Å². The van der Waals surface area contributed by atoms with Gasteiger partial charge in [-0.3, -0.25) is 10.2 Å². The van der Waals surface area contributed by atoms with Crippen LogP contribution in [0.25, 0.3) is 11.1 Å². The third-order valence-corrected chi connectivity index (χ3v) is 5.63. The summed E-state index contributed by atoms with van der Waals surface area (Å²) in [7, 11) is 0. The molecule has 136 valence electrons. The molecule has 0 radical (unpaired) electrons. The zero-order chi connectivity index (χ0) is 17.9. The van der Waals surface area contributed by atoms with Crippen LogP contribution < -0.4 is 5.32 Å². The van der Waals surface area contributed by atoms with E-state index < -0.39 is 0 Å². The van der Waals surface area contributed by atoms with Crippen LogP contribution in [0.3, 0.4) is 0 Å². The van der Waals surface area contributed by atoms with Gasteiger partial charge in [-0.05, 0) is 67.1 Å². The van der Waals surface area contributed by atoms with Crippen molar-refractivity contribution in [2.75, 3.05) is 25.0 Å². The molecule has 1 atom stereocenters. The van der Waals surface area contributed by atoms with Crippen molar-refractivity contribution < 1.29 is 9.53 Å². The zero-order valence-corrected chi connectivity index (χ0v) is 15.3. The van der Waals surface area contributed by atoms with Crippen molar-refractivity contribution in [2.24, 2.45) is 5.92 Å². The molecule has 1 amide bonds. The Labute approximate surface area is 155 Å². The monoisotopic (exact) mass is 350 g/mol. The lowest BCUT2D eigenvalue weighted by atomic mass is 9.86. The Kier molecular flexibility index (Phi) is 4.93. The van der Waals surface area contributed by atoms with Crippen LogP contribution in [0.2, 0.25) is 0 Å². The molecule has 3 aliphatic rings. The van der Waals surface area contributed by atoms with Gasteiger partial charge in [0.2, 0.25) is 0 Å². The Morgan fingerprint density at radius 2 is 1.85 bits per heavy atom. The SMILES string of the molecule is CCc1cccc(-c2cccc(NC(=O)OC3CN4CCC3CC4)c2)c1. The van der Waals surface area contributed by atoms with Crippen LogP contribution in [0, 0.1) is 5.92 Å². The number of carbonyl (C=O) groups is 1. The van der Waals surface area contributed by atoms with E-state index in [-0.39, 0.29) is 12.2 Å². The molecule has 3 aliphatic heterocycles. The summed E-state index contributed by atoms with van der Waals surface area (Å²) in [5, 5.41) is 2.91. The van der Waals surface area contributed by atoms with Gasteiger partial charge in [-0.2, -0.15) is 0 Å². The molecule has 26 heavy (non-hydrogen) atoms. The Balaban J connectivity index is 1.42. The molecule has 4 heteroatoms. The molecule has 4 nitrogen and oxygen atoms in total. The molecule has 3 fully saturated rings. The lowest BCUT2D eigenvalue weighted by Crippen LogP contribution is -2.52. The number of anilines is 1. The average Bonchev–Trinajstić information content (AvgIpc) is 2.69. The maximum Gasteiger partial charge on any atom is 0.411 e. The predicted octanol–water partition coefficient (Wildman–Crippen LogP) is 4.56. The molecule has 5 rings (SSSR count). The summed E-state index contributed by atoms with van der Waals surface area (Å²) in [6, 6.07) is 16.5. The summed E-state index contributed by atoms with van der Waals surface area (Å²) >= 11 is 0. The van der Waals surface area contributed by atoms with Gasteiger partial charge in [-0.25, -0.2) is 4.79 Å². The van der Waals surface area contributed by atoms with E-state index in [1.54, 1.807) is 0 Å². The highest BCUT2D eigenvalue weighted by Crippen LogP contribution is 2.30. The van der Waals surface area contributed by atoms with Crippen LogP contribution in [0.5, 0.6) is 0 Å². The van der Waals surface area contributed by atoms with Crippen molar-refractivity contribution >= 4 is 11.8 Å². The molecule has 0 aromatic heterocycles. The number of hydrogen-bond acceptors (Lipinski definition) is 3. The summed E-state index contributed by atoms with van der Waals surface area (Å²) in [5.41, 5.74) is 4.35. The van der Waals surface area contributed by atoms with Crippen molar-refractivity contribution in [1.29, 1.82) is 0 Å². The van der Waals surface area contributed by atoms with Crippen molar-refractivity contribution in [2.45, 2.75) is 32.3 Å². The van der Waals surface area contributed by atoms with Gasteiger partial charge < -0.3 is 4.74 Å². The predicted molar refractivity (Wildman–Crippen MR) is 104 cm³/mol. The highest BCUT2D eigenvalue weighted by Gasteiger charge is 2.36. The average molecular weight is 350 g/mol. The Hall–Kier alpha value is -2.33. The van der Waals surface area contributed by atoms with E-state index in [4.69, 9.17) is 4.74 Å². The molecule has 0 spiro atoms. The van der Waals surface area contributed by atoms with Gasteiger partial charge >= 0.3 is 6.09 Å². The third kappa shape index (κ3) is 3.75. The second-order valence-corrected chi connectivity index (χ2v) is 7.34. The second kappa shape index (κ2) is 7.50. The number of carbonyl (C=O) groups excluding carboxylic acids is 1. The van der Waals surface area contributed by atoms with E-state index in [2.05, 4.69) is 47.5 Å². The summed E-state index contributed by atoms with van der Waals surface area (Å²) < 4.78 is 5.72. The lowest BCUT2D eigenvalue weighted by molar-refractivity contribution is -0.0289. The van der Waals surface area contributed by atoms with Gasteiger partial charge in [0, 0.05) is 12.2 Å². The number of nitrogens with zero attached hydrogens (tertiary/aromatic N) is 1. The topological polar surface area (TPSA) is 41.6 Å². The van der Waals surface area contributed by atoms with Crippen molar-refractivity contribution in [3.05, 3.63) is 54.1 Å². The van der Waals surface area contributed by atoms with Crippen molar-refractivity contribution in [3.63, 3.8) is 0 Å². The van der Waals surface area contributed by atoms with E-state index in [0.717, 1.165) is 50.1 Å². The Bertz CT molecular complexity index is 781. The minimum Gasteiger partial charge on any atom is -0.444 e. The van der Waals surface area contributed by atoms with Crippen LogP contribution in [-0.2, 0) is 11.2 Å². The molecule has 1 unspecified atom stereocenters. The summed E-state index contributed by atoms with van der Waals surface area (Å²) in [5.74, 6) is 0.522. The molecule has 1 N–H and O–H groups in total. The molecule has 3 saturated heterocycles. The van der Waals surface area contributed by atoms with E-state index in [1.165, 1.54) is 11.1 Å². The minimum atomic E-state index is -0.344. The number of fused-ring (bicyclic) bond motifs is 3. The van der Waals surface area contributed by atoms with E-state index in [9.17, 15) is 4.79 Å². The Morgan fingerprint density at radius 1 is 1.12 bits per heavy atom. The lowest BCUT2D eigenvalue weighted by Gasteiger charge is -2.43. The molecule has 2 aromatic carbocycles. The fourth-order valence-corrected chi connectivity index (χ4v) is 4.08. The highest BCUT2D eigenvalue weighted by atomic mass is 16.6. The number of nitrogens with one attached hydrogen (secondary N) is 1. The smallest absolute Gasteiger partial charge is 0.411 e. The molecule has 3 heterocycles. The number of piperidine rings is 3. The van der Waals surface area contributed by atoms with Gasteiger partial charge in [0.1, 0.15) is 6.10 Å². The van der Waals surface area contributed by atoms with Crippen LogP contribution in [0.1, 0.15) is 25.3 Å². The van der Waals surface area contributed by atoms with Gasteiger partial charge in [0.25, 0.3) is 0 Å². The number of rotatable bonds is 4. The fraction of sp³-hybridized carbons (Fsp3) is 0.409. The largest absolute Gasteiger partial charge is 0.444 e. The molecular weight excluding hydrogens is 324 g/mol. The van der Waals surface area contributed by atoms with Crippen LogP contribution >= 0.6 is 0 Å². The highest BCUT2D eigenvalue weighted by molar-refractivity contribution is 5.86. The zero-order valence-electron chi connectivity index (χ0n) is 15.3. The third-order valence-electron chi connectivity index (χ3n) is 5.63. The molecule has 2 aromatic rings. The fourth-order valence-electron chi connectivity index (χ4n) is 4.08. The van der Waals surface area contributed by atoms with Gasteiger partial charge in [-0.1, -0.05) is 43.3 Å². The first-order valence-electron chi connectivity index (χ1n) is 9.60. The maximum absolute atomic E-state index is 12.4. The van der Waals surface area contributed by atoms with Crippen LogP contribution in [-0.4, -0.2) is 36.7 Å². The summed E-state index contributed by atoms with van der Waals surface area (Å²) in [6.07, 6.45) is 2.98. The molecule has 2 bridgehead atoms. The quantitative estimate of drug-likeness (QED) is 0.879. The Morgan fingerprint density at radius 3 is 2.54 bits per heavy atom. The first-order valence-corrected chi connectivity index (χ1v) is 9.60. The van der Waals surface area contributed by atoms with Crippen LogP contribution in [0.15, 0.2) is 48.5 Å². The normalized spacial score (nSPS) is 24.3. The first kappa shape index (κ1) is 17.1. The summed E-state index contributed by atoms with van der Waals surface area (Å²) in [6.45, 7) is 5.32. The number of benzene rings is 2. The molecule has 0 aliphatic carbocycles.